The van der Waals surface area contributed by atoms with Gasteiger partial charge in [0.25, 0.3) is 5.91 Å². The number of sulfone groups is 1. The van der Waals surface area contributed by atoms with E-state index in [0.29, 0.717) is 30.0 Å². The highest BCUT2D eigenvalue weighted by atomic mass is 32.2. The van der Waals surface area contributed by atoms with Crippen LogP contribution in [0, 0.1) is 13.8 Å². The molecule has 9 nitrogen and oxygen atoms in total. The van der Waals surface area contributed by atoms with Crippen molar-refractivity contribution in [2.24, 2.45) is 0 Å². The number of ether oxygens (including phenoxy) is 2. The summed E-state index contributed by atoms with van der Waals surface area (Å²) in [6.45, 7) is 4.40. The van der Waals surface area contributed by atoms with Gasteiger partial charge < -0.3 is 19.7 Å². The molecule has 0 unspecified atom stereocenters. The molecule has 1 N–H and O–H groups in total. The Balaban J connectivity index is 1.41. The Morgan fingerprint density at radius 1 is 1.11 bits per heavy atom. The Kier molecular flexibility index (Phi) is 5.03. The van der Waals surface area contributed by atoms with Crippen LogP contribution in [-0.2, 0) is 16.4 Å². The summed E-state index contributed by atoms with van der Waals surface area (Å²) in [5.41, 5.74) is 4.81. The summed E-state index contributed by atoms with van der Waals surface area (Å²) in [6.07, 6.45) is 0.0828. The number of benzene rings is 2. The highest BCUT2D eigenvalue weighted by Gasteiger charge is 2.38. The molecule has 1 amide bonds. The van der Waals surface area contributed by atoms with Crippen LogP contribution in [0.5, 0.6) is 11.5 Å². The van der Waals surface area contributed by atoms with Crippen LogP contribution in [0.1, 0.15) is 51.5 Å². The lowest BCUT2D eigenvalue weighted by atomic mass is 10.0. The number of rotatable bonds is 4. The summed E-state index contributed by atoms with van der Waals surface area (Å²) in [7, 11) is -3.06. The molecule has 3 aliphatic rings. The molecule has 1 saturated heterocycles. The van der Waals surface area contributed by atoms with Crippen LogP contribution in [0.15, 0.2) is 42.5 Å². The second-order valence-electron chi connectivity index (χ2n) is 9.30. The van der Waals surface area contributed by atoms with E-state index in [-0.39, 0.29) is 30.2 Å². The summed E-state index contributed by atoms with van der Waals surface area (Å²) in [6, 6.07) is 13.0. The highest BCUT2D eigenvalue weighted by molar-refractivity contribution is 7.91. The van der Waals surface area contributed by atoms with Gasteiger partial charge in [-0.15, -0.1) is 0 Å². The topological polar surface area (TPSA) is 103 Å². The van der Waals surface area contributed by atoms with E-state index in [1.165, 1.54) is 0 Å². The number of carbonyl (C=O) groups excluding carboxylic acids is 1. The van der Waals surface area contributed by atoms with Crippen LogP contribution in [0.25, 0.3) is 0 Å². The number of nitrogens with one attached hydrogen (secondary N) is 1. The number of hydrogen-bond donors (Lipinski definition) is 1. The van der Waals surface area contributed by atoms with E-state index in [9.17, 15) is 13.2 Å². The first-order valence-corrected chi connectivity index (χ1v) is 13.4. The fraction of sp³-hybridized carbons (Fsp3) is 0.360. The quantitative estimate of drug-likeness (QED) is 0.593. The van der Waals surface area contributed by atoms with Crippen molar-refractivity contribution in [2.75, 3.05) is 23.6 Å². The summed E-state index contributed by atoms with van der Waals surface area (Å²) in [5, 5.41) is 8.29. The Bertz CT molecular complexity index is 1450. The molecule has 0 saturated carbocycles. The van der Waals surface area contributed by atoms with Gasteiger partial charge in [-0.2, -0.15) is 5.10 Å². The van der Waals surface area contributed by atoms with Crippen molar-refractivity contribution in [2.45, 2.75) is 39.0 Å². The molecule has 35 heavy (non-hydrogen) atoms. The van der Waals surface area contributed by atoms with Crippen LogP contribution >= 0.6 is 0 Å². The number of carbonyl (C=O) groups is 1. The fourth-order valence-electron chi connectivity index (χ4n) is 5.31. The minimum atomic E-state index is -3.06. The third-order valence-corrected chi connectivity index (χ3v) is 8.77. The van der Waals surface area contributed by atoms with Crippen LogP contribution < -0.4 is 14.8 Å². The SMILES string of the molecule is Cc1nn([C@@H]2CCS(=O)(=O)C2)c(C)c1[C@H]1Nc2ccccc2C(=O)N1Cc1ccc2c(c1)OCO2. The number of nitrogens with zero attached hydrogens (tertiary/aromatic N) is 3. The highest BCUT2D eigenvalue weighted by Crippen LogP contribution is 2.39. The maximum atomic E-state index is 13.7. The third kappa shape index (κ3) is 3.72. The number of anilines is 1. The molecule has 2 atom stereocenters. The number of para-hydroxylation sites is 1. The largest absolute Gasteiger partial charge is 0.454 e. The standard InChI is InChI=1S/C25H26N4O5S/c1-15-23(16(2)29(27-15)18-9-10-35(31,32)13-18)24-26-20-6-4-3-5-19(20)25(30)28(24)12-17-7-8-21-22(11-17)34-14-33-21/h3-8,11,18,24,26H,9-10,12-14H2,1-2H3/t18-,24+/m1/s1. The van der Waals surface area contributed by atoms with Gasteiger partial charge in [0.1, 0.15) is 6.17 Å². The Morgan fingerprint density at radius 2 is 1.91 bits per heavy atom. The van der Waals surface area contributed by atoms with Gasteiger partial charge in [-0.25, -0.2) is 8.42 Å². The predicted molar refractivity (Wildman–Crippen MR) is 129 cm³/mol. The lowest BCUT2D eigenvalue weighted by molar-refractivity contribution is 0.0665. The fourth-order valence-corrected chi connectivity index (χ4v) is 7.01. The monoisotopic (exact) mass is 494 g/mol. The molecule has 6 rings (SSSR count). The van der Waals surface area contributed by atoms with Crippen LogP contribution in [0.4, 0.5) is 5.69 Å². The summed E-state index contributed by atoms with van der Waals surface area (Å²) >= 11 is 0. The zero-order chi connectivity index (χ0) is 24.3. The second kappa shape index (κ2) is 8.01. The van der Waals surface area contributed by atoms with Crippen molar-refractivity contribution in [1.82, 2.24) is 14.7 Å². The van der Waals surface area contributed by atoms with E-state index >= 15 is 0 Å². The summed E-state index contributed by atoms with van der Waals surface area (Å²) < 4.78 is 37.0. The number of aromatic nitrogens is 2. The smallest absolute Gasteiger partial charge is 0.258 e. The predicted octanol–water partition coefficient (Wildman–Crippen LogP) is 3.35. The van der Waals surface area contributed by atoms with Gasteiger partial charge >= 0.3 is 0 Å². The number of fused-ring (bicyclic) bond motifs is 2. The van der Waals surface area contributed by atoms with Crippen molar-refractivity contribution in [3.05, 3.63) is 70.5 Å². The Morgan fingerprint density at radius 3 is 2.71 bits per heavy atom. The minimum Gasteiger partial charge on any atom is -0.454 e. The maximum Gasteiger partial charge on any atom is 0.258 e. The summed E-state index contributed by atoms with van der Waals surface area (Å²) in [5.74, 6) is 1.54. The number of hydrogen-bond acceptors (Lipinski definition) is 7. The number of amides is 1. The zero-order valence-corrected chi connectivity index (χ0v) is 20.3. The molecule has 1 fully saturated rings. The summed E-state index contributed by atoms with van der Waals surface area (Å²) in [4.78, 5) is 15.5. The first-order chi connectivity index (χ1) is 16.8. The third-order valence-electron chi connectivity index (χ3n) is 7.02. The minimum absolute atomic E-state index is 0.0861. The lowest BCUT2D eigenvalue weighted by Gasteiger charge is -2.38. The van der Waals surface area contributed by atoms with Crippen molar-refractivity contribution >= 4 is 21.4 Å². The average Bonchev–Trinajstić information content (AvgIpc) is 3.52. The molecule has 1 aromatic heterocycles. The molecule has 182 valence electrons. The van der Waals surface area contributed by atoms with Crippen molar-refractivity contribution in [1.29, 1.82) is 0 Å². The molecule has 4 heterocycles. The van der Waals surface area contributed by atoms with E-state index in [1.54, 1.807) is 4.90 Å². The van der Waals surface area contributed by atoms with Gasteiger partial charge in [0.15, 0.2) is 21.3 Å². The van der Waals surface area contributed by atoms with Crippen molar-refractivity contribution < 1.29 is 22.7 Å². The average molecular weight is 495 g/mol. The molecule has 10 heteroatoms. The number of aryl methyl sites for hydroxylation is 1. The molecular weight excluding hydrogens is 468 g/mol. The molecule has 3 aliphatic heterocycles. The Labute approximate surface area is 203 Å². The van der Waals surface area contributed by atoms with E-state index in [1.807, 2.05) is 61.0 Å². The second-order valence-corrected chi connectivity index (χ2v) is 11.5. The van der Waals surface area contributed by atoms with Gasteiger partial charge in [0.2, 0.25) is 6.79 Å². The maximum absolute atomic E-state index is 13.7. The van der Waals surface area contributed by atoms with Crippen molar-refractivity contribution in [3.8, 4) is 11.5 Å². The van der Waals surface area contributed by atoms with Crippen LogP contribution in [-0.4, -0.2) is 47.3 Å². The molecule has 3 aromatic rings. The molecule has 0 aliphatic carbocycles. The van der Waals surface area contributed by atoms with Gasteiger partial charge in [0, 0.05) is 23.5 Å². The molecule has 0 spiro atoms. The molecular formula is C25H26N4O5S. The van der Waals surface area contributed by atoms with Gasteiger partial charge in [-0.05, 0) is 50.1 Å². The van der Waals surface area contributed by atoms with E-state index in [4.69, 9.17) is 14.6 Å². The lowest BCUT2D eigenvalue weighted by Crippen LogP contribution is -2.42. The van der Waals surface area contributed by atoms with Gasteiger partial charge in [-0.3, -0.25) is 9.48 Å². The first kappa shape index (κ1) is 22.0. The first-order valence-electron chi connectivity index (χ1n) is 11.6. The van der Waals surface area contributed by atoms with E-state index in [0.717, 1.165) is 28.2 Å². The van der Waals surface area contributed by atoms with Crippen LogP contribution in [0.3, 0.4) is 0 Å². The molecule has 0 radical (unpaired) electrons. The Hall–Kier alpha value is -3.53. The van der Waals surface area contributed by atoms with Gasteiger partial charge in [-0.1, -0.05) is 18.2 Å². The molecule has 0 bridgehead atoms. The van der Waals surface area contributed by atoms with Crippen molar-refractivity contribution in [3.63, 3.8) is 0 Å². The van der Waals surface area contributed by atoms with Gasteiger partial charge in [0.05, 0.1) is 28.8 Å². The normalized spacial score (nSPS) is 22.2. The van der Waals surface area contributed by atoms with E-state index in [2.05, 4.69) is 5.32 Å². The van der Waals surface area contributed by atoms with Crippen LogP contribution in [0.2, 0.25) is 0 Å². The zero-order valence-electron chi connectivity index (χ0n) is 19.5. The molecule has 2 aromatic carbocycles. The van der Waals surface area contributed by atoms with E-state index < -0.39 is 16.0 Å².